The van der Waals surface area contributed by atoms with Gasteiger partial charge in [-0.1, -0.05) is 12.2 Å². The molecule has 7 heteroatoms. The van der Waals surface area contributed by atoms with Gasteiger partial charge in [0, 0.05) is 32.0 Å². The average molecular weight is 374 g/mol. The van der Waals surface area contributed by atoms with Crippen LogP contribution in [0.4, 0.5) is 0 Å². The highest BCUT2D eigenvalue weighted by Crippen LogP contribution is 2.22. The van der Waals surface area contributed by atoms with Crippen molar-refractivity contribution in [3.8, 4) is 0 Å². The molecule has 27 heavy (non-hydrogen) atoms. The highest BCUT2D eigenvalue weighted by atomic mass is 16.5. The van der Waals surface area contributed by atoms with Crippen LogP contribution in [0.2, 0.25) is 0 Å². The number of amidine groups is 2. The number of allylic oxidation sites excluding steroid dienone is 4. The predicted molar refractivity (Wildman–Crippen MR) is 108 cm³/mol. The van der Waals surface area contributed by atoms with Crippen LogP contribution in [0.3, 0.4) is 0 Å². The van der Waals surface area contributed by atoms with E-state index in [-0.39, 0.29) is 6.61 Å². The Bertz CT molecular complexity index is 689. The van der Waals surface area contributed by atoms with E-state index >= 15 is 0 Å². The van der Waals surface area contributed by atoms with E-state index < -0.39 is 6.10 Å². The summed E-state index contributed by atoms with van der Waals surface area (Å²) in [6.45, 7) is 5.65. The van der Waals surface area contributed by atoms with Gasteiger partial charge in [-0.15, -0.1) is 0 Å². The van der Waals surface area contributed by atoms with Crippen molar-refractivity contribution in [1.29, 1.82) is 0 Å². The molecule has 148 valence electrons. The molecule has 2 bridgehead atoms. The molecular formula is C20H30N4O3. The minimum absolute atomic E-state index is 0.213. The molecule has 0 amide bonds. The Labute approximate surface area is 161 Å². The molecular weight excluding hydrogens is 344 g/mol. The highest BCUT2D eigenvalue weighted by molar-refractivity contribution is 5.93. The second kappa shape index (κ2) is 10.7. The van der Waals surface area contributed by atoms with Gasteiger partial charge in [0.25, 0.3) is 0 Å². The summed E-state index contributed by atoms with van der Waals surface area (Å²) >= 11 is 0. The standard InChI is InChI=1S/C20H30N4O3/c1-4-26-14-20(22-3)24-11-9-16(25)13-27-18-8-6-5-7-17(15(18)2)23-19(21)10-12-24/h6-8,10,12,16,25H,4-5,9,11,13-14H2,1-3H3,(H2,21,23)/b12-10+,22-20-. The Morgan fingerprint density at radius 1 is 1.48 bits per heavy atom. The second-order valence-electron chi connectivity index (χ2n) is 6.29. The maximum atomic E-state index is 10.4. The van der Waals surface area contributed by atoms with E-state index in [0.717, 1.165) is 23.5 Å². The molecule has 0 spiro atoms. The molecule has 0 aromatic carbocycles. The molecule has 2 aliphatic rings. The van der Waals surface area contributed by atoms with Crippen LogP contribution in [0.5, 0.6) is 0 Å². The number of hydrogen-bond acceptors (Lipinski definition) is 6. The number of hydrogen-bond donors (Lipinski definition) is 2. The highest BCUT2D eigenvalue weighted by Gasteiger charge is 2.15. The largest absolute Gasteiger partial charge is 0.491 e. The third-order valence-electron chi connectivity index (χ3n) is 4.30. The number of aliphatic hydroxyl groups is 1. The van der Waals surface area contributed by atoms with Gasteiger partial charge >= 0.3 is 0 Å². The number of fused-ring (bicyclic) bond motifs is 1. The van der Waals surface area contributed by atoms with Crippen molar-refractivity contribution in [3.63, 3.8) is 0 Å². The fourth-order valence-electron chi connectivity index (χ4n) is 2.70. The smallest absolute Gasteiger partial charge is 0.129 e. The molecule has 1 heterocycles. The van der Waals surface area contributed by atoms with Crippen LogP contribution in [0.25, 0.3) is 0 Å². The normalized spacial score (nSPS) is 25.3. The molecule has 0 aromatic rings. The van der Waals surface area contributed by atoms with Gasteiger partial charge < -0.3 is 25.2 Å². The van der Waals surface area contributed by atoms with E-state index in [0.29, 0.717) is 37.8 Å². The van der Waals surface area contributed by atoms with E-state index in [4.69, 9.17) is 15.2 Å². The number of rotatable bonds is 3. The third-order valence-corrected chi connectivity index (χ3v) is 4.30. The molecule has 0 radical (unpaired) electrons. The van der Waals surface area contributed by atoms with Crippen LogP contribution >= 0.6 is 0 Å². The van der Waals surface area contributed by atoms with Crippen molar-refractivity contribution in [1.82, 2.24) is 4.90 Å². The second-order valence-corrected chi connectivity index (χ2v) is 6.29. The van der Waals surface area contributed by atoms with Crippen molar-refractivity contribution in [2.45, 2.75) is 32.8 Å². The number of aliphatic imine (C=N–C) groups is 2. The SMILES string of the molecule is CCOC/C(=N/C)N1/C=C/C(N)=N\C2=CCC=CC(=C2C)OCC(O)CC1. The number of nitrogens with zero attached hydrogens (tertiary/aromatic N) is 3. The minimum atomic E-state index is -0.602. The molecule has 3 N–H and O–H groups in total. The van der Waals surface area contributed by atoms with Crippen LogP contribution in [-0.4, -0.2) is 61.2 Å². The van der Waals surface area contributed by atoms with Gasteiger partial charge in [0.1, 0.15) is 30.6 Å². The molecule has 1 atom stereocenters. The van der Waals surface area contributed by atoms with Gasteiger partial charge in [0.15, 0.2) is 0 Å². The van der Waals surface area contributed by atoms with E-state index in [2.05, 4.69) is 9.98 Å². The summed E-state index contributed by atoms with van der Waals surface area (Å²) in [4.78, 5) is 10.8. The molecule has 0 saturated heterocycles. The van der Waals surface area contributed by atoms with E-state index in [1.54, 1.807) is 13.1 Å². The van der Waals surface area contributed by atoms with E-state index in [9.17, 15) is 5.11 Å². The number of ether oxygens (including phenoxy) is 2. The van der Waals surface area contributed by atoms with Crippen LogP contribution in [-0.2, 0) is 9.47 Å². The zero-order valence-electron chi connectivity index (χ0n) is 16.4. The van der Waals surface area contributed by atoms with Crippen molar-refractivity contribution >= 4 is 11.7 Å². The molecule has 2 rings (SSSR count). The van der Waals surface area contributed by atoms with Crippen molar-refractivity contribution in [2.24, 2.45) is 15.7 Å². The lowest BCUT2D eigenvalue weighted by Gasteiger charge is -2.23. The molecule has 7 nitrogen and oxygen atoms in total. The Kier molecular flexibility index (Phi) is 8.29. The summed E-state index contributed by atoms with van der Waals surface area (Å²) in [5.74, 6) is 1.86. The molecule has 0 fully saturated rings. The first kappa shape index (κ1) is 20.9. The maximum absolute atomic E-state index is 10.4. The Morgan fingerprint density at radius 2 is 2.30 bits per heavy atom. The first-order valence-electron chi connectivity index (χ1n) is 9.26. The summed E-state index contributed by atoms with van der Waals surface area (Å²) in [7, 11) is 1.72. The average Bonchev–Trinajstić information content (AvgIpc) is 2.82. The fraction of sp³-hybridized carbons (Fsp3) is 0.500. The Morgan fingerprint density at radius 3 is 3.04 bits per heavy atom. The van der Waals surface area contributed by atoms with E-state index in [1.807, 2.05) is 43.2 Å². The molecule has 0 saturated carbocycles. The van der Waals surface area contributed by atoms with Gasteiger partial charge in [-0.3, -0.25) is 4.99 Å². The van der Waals surface area contributed by atoms with Gasteiger partial charge in [0.05, 0.1) is 11.8 Å². The topological polar surface area (TPSA) is 92.7 Å². The Hall–Kier alpha value is -2.38. The lowest BCUT2D eigenvalue weighted by molar-refractivity contribution is 0.0662. The van der Waals surface area contributed by atoms with Crippen molar-refractivity contribution in [3.05, 3.63) is 47.5 Å². The summed E-state index contributed by atoms with van der Waals surface area (Å²) in [6.07, 6.45) is 10.2. The van der Waals surface area contributed by atoms with Crippen molar-refractivity contribution < 1.29 is 14.6 Å². The molecule has 1 aliphatic heterocycles. The number of nitrogens with two attached hydrogens (primary N) is 1. The first-order chi connectivity index (χ1) is 13.0. The fourth-order valence-corrected chi connectivity index (χ4v) is 2.70. The molecule has 1 unspecified atom stereocenters. The summed E-state index contributed by atoms with van der Waals surface area (Å²) < 4.78 is 11.3. The lowest BCUT2D eigenvalue weighted by Crippen LogP contribution is -2.33. The first-order valence-corrected chi connectivity index (χ1v) is 9.26. The van der Waals surface area contributed by atoms with Crippen LogP contribution in [0, 0.1) is 0 Å². The minimum Gasteiger partial charge on any atom is -0.491 e. The summed E-state index contributed by atoms with van der Waals surface area (Å²) in [5, 5.41) is 10.4. The van der Waals surface area contributed by atoms with Crippen LogP contribution < -0.4 is 5.73 Å². The van der Waals surface area contributed by atoms with Crippen molar-refractivity contribution in [2.75, 3.05) is 33.4 Å². The summed E-state index contributed by atoms with van der Waals surface area (Å²) in [6, 6.07) is 0. The maximum Gasteiger partial charge on any atom is 0.129 e. The quantitative estimate of drug-likeness (QED) is 0.583. The van der Waals surface area contributed by atoms with Gasteiger partial charge in [0.2, 0.25) is 0 Å². The summed E-state index contributed by atoms with van der Waals surface area (Å²) in [5.41, 5.74) is 7.80. The van der Waals surface area contributed by atoms with Gasteiger partial charge in [-0.2, -0.15) is 0 Å². The van der Waals surface area contributed by atoms with E-state index in [1.165, 1.54) is 0 Å². The third kappa shape index (κ3) is 6.37. The van der Waals surface area contributed by atoms with Gasteiger partial charge in [-0.05, 0) is 38.8 Å². The van der Waals surface area contributed by atoms with Gasteiger partial charge in [-0.25, -0.2) is 4.99 Å². The van der Waals surface area contributed by atoms with Crippen LogP contribution in [0.1, 0.15) is 26.7 Å². The lowest BCUT2D eigenvalue weighted by atomic mass is 10.2. The number of aliphatic hydroxyl groups excluding tert-OH is 1. The Balaban J connectivity index is 2.33. The molecule has 1 aliphatic carbocycles. The monoisotopic (exact) mass is 374 g/mol. The molecule has 0 aromatic heterocycles. The predicted octanol–water partition coefficient (Wildman–Crippen LogP) is 2.12. The van der Waals surface area contributed by atoms with Crippen LogP contribution in [0.15, 0.2) is 57.5 Å². The zero-order valence-corrected chi connectivity index (χ0v) is 16.4. The zero-order chi connectivity index (χ0) is 19.6.